The second kappa shape index (κ2) is 9.63. The summed E-state index contributed by atoms with van der Waals surface area (Å²) in [6, 6.07) is 11.8. The van der Waals surface area contributed by atoms with Gasteiger partial charge in [-0.25, -0.2) is 4.98 Å². The Morgan fingerprint density at radius 2 is 2.09 bits per heavy atom. The summed E-state index contributed by atoms with van der Waals surface area (Å²) in [6.07, 6.45) is 4.37. The summed E-state index contributed by atoms with van der Waals surface area (Å²) in [4.78, 5) is 23.9. The zero-order valence-electron chi connectivity index (χ0n) is 18.4. The van der Waals surface area contributed by atoms with Gasteiger partial charge in [0.2, 0.25) is 5.91 Å². The number of thiazole rings is 1. The lowest BCUT2D eigenvalue weighted by Crippen LogP contribution is -2.38. The van der Waals surface area contributed by atoms with Crippen molar-refractivity contribution < 1.29 is 9.21 Å². The predicted molar refractivity (Wildman–Crippen MR) is 133 cm³/mol. The van der Waals surface area contributed by atoms with Gasteiger partial charge >= 0.3 is 0 Å². The van der Waals surface area contributed by atoms with Crippen LogP contribution in [0.5, 0.6) is 0 Å². The van der Waals surface area contributed by atoms with E-state index in [2.05, 4.69) is 20.6 Å². The maximum Gasteiger partial charge on any atom is 0.238 e. The fourth-order valence-corrected chi connectivity index (χ4v) is 5.53. The van der Waals surface area contributed by atoms with E-state index in [9.17, 15) is 4.79 Å². The monoisotopic (exact) mass is 480 g/mol. The second-order valence-electron chi connectivity index (χ2n) is 8.29. The predicted octanol–water partition coefficient (Wildman–Crippen LogP) is 5.99. The number of pyridine rings is 1. The number of carbonyl (C=O) groups excluding carboxylic acids is 1. The number of rotatable bonds is 6. The number of hydrogen-bond donors (Lipinski definition) is 1. The van der Waals surface area contributed by atoms with E-state index >= 15 is 0 Å². The lowest BCUT2D eigenvalue weighted by Gasteiger charge is -2.30. The molecule has 4 aromatic rings. The minimum absolute atomic E-state index is 0.0509. The van der Waals surface area contributed by atoms with Gasteiger partial charge in [-0.15, -0.1) is 11.3 Å². The molecule has 8 heteroatoms. The molecule has 0 unspecified atom stereocenters. The molecule has 3 aromatic heterocycles. The first-order chi connectivity index (χ1) is 16.1. The van der Waals surface area contributed by atoms with Crippen LogP contribution in [-0.4, -0.2) is 40.4 Å². The van der Waals surface area contributed by atoms with Crippen molar-refractivity contribution in [3.05, 3.63) is 63.7 Å². The third-order valence-corrected chi connectivity index (χ3v) is 7.50. The molecule has 0 aliphatic carbocycles. The molecule has 0 saturated carbocycles. The molecule has 33 heavy (non-hydrogen) atoms. The van der Waals surface area contributed by atoms with Crippen molar-refractivity contribution in [2.24, 2.45) is 0 Å². The molecule has 1 fully saturated rings. The fraction of sp³-hybridized carbons (Fsp3) is 0.320. The Bertz CT molecular complexity index is 1240. The summed E-state index contributed by atoms with van der Waals surface area (Å²) in [6.45, 7) is 4.07. The molecule has 0 radical (unpaired) electrons. The van der Waals surface area contributed by atoms with E-state index < -0.39 is 0 Å². The molecular weight excluding hydrogens is 456 g/mol. The van der Waals surface area contributed by atoms with Gasteiger partial charge < -0.3 is 9.73 Å². The van der Waals surface area contributed by atoms with Crippen molar-refractivity contribution >= 4 is 45.5 Å². The summed E-state index contributed by atoms with van der Waals surface area (Å²) in [7, 11) is 0. The number of likely N-dealkylation sites (tertiary alicyclic amines) is 1. The summed E-state index contributed by atoms with van der Waals surface area (Å²) in [5.74, 6) is 1.17. The van der Waals surface area contributed by atoms with Crippen LogP contribution in [0.3, 0.4) is 0 Å². The molecule has 1 aliphatic heterocycles. The van der Waals surface area contributed by atoms with Crippen LogP contribution < -0.4 is 5.32 Å². The second-order valence-corrected chi connectivity index (χ2v) is 9.56. The highest BCUT2D eigenvalue weighted by Crippen LogP contribution is 2.34. The standard InChI is InChI=1S/C25H25ClN4O2S/c1-2-18-24(26)19(7-10-27-18)28-23(31)14-30-11-8-16(9-12-30)25-29-20(15-33-25)22-13-17-5-3-4-6-21(17)32-22/h3-7,10,13,15-16H,2,8-9,11-12,14H2,1H3,(H,27,28,31). The quantitative estimate of drug-likeness (QED) is 0.367. The van der Waals surface area contributed by atoms with Crippen molar-refractivity contribution in [1.82, 2.24) is 14.9 Å². The number of aromatic nitrogens is 2. The van der Waals surface area contributed by atoms with E-state index in [0.29, 0.717) is 23.2 Å². The summed E-state index contributed by atoms with van der Waals surface area (Å²) in [5, 5.41) is 7.77. The molecule has 4 heterocycles. The highest BCUT2D eigenvalue weighted by molar-refractivity contribution is 7.10. The van der Waals surface area contributed by atoms with Crippen LogP contribution in [0, 0.1) is 0 Å². The molecule has 6 nitrogen and oxygen atoms in total. The van der Waals surface area contributed by atoms with Crippen LogP contribution in [0.15, 0.2) is 52.4 Å². The van der Waals surface area contributed by atoms with E-state index in [1.165, 1.54) is 0 Å². The molecule has 1 amide bonds. The lowest BCUT2D eigenvalue weighted by molar-refractivity contribution is -0.117. The smallest absolute Gasteiger partial charge is 0.238 e. The van der Waals surface area contributed by atoms with Crippen molar-refractivity contribution in [3.8, 4) is 11.5 Å². The Morgan fingerprint density at radius 3 is 2.88 bits per heavy atom. The number of furan rings is 1. The Balaban J connectivity index is 1.16. The first-order valence-corrected chi connectivity index (χ1v) is 12.5. The number of nitrogens with one attached hydrogen (secondary N) is 1. The van der Waals surface area contributed by atoms with Crippen LogP contribution in [0.25, 0.3) is 22.4 Å². The van der Waals surface area contributed by atoms with Gasteiger partial charge in [-0.05, 0) is 50.6 Å². The largest absolute Gasteiger partial charge is 0.454 e. The Kier molecular flexibility index (Phi) is 6.44. The minimum Gasteiger partial charge on any atom is -0.454 e. The van der Waals surface area contributed by atoms with Gasteiger partial charge in [0.05, 0.1) is 28.0 Å². The molecule has 1 aliphatic rings. The number of aryl methyl sites for hydroxylation is 1. The van der Waals surface area contributed by atoms with E-state index in [4.69, 9.17) is 21.0 Å². The number of anilines is 1. The number of amides is 1. The number of fused-ring (bicyclic) bond motifs is 1. The molecule has 5 rings (SSSR count). The number of hydrogen-bond acceptors (Lipinski definition) is 6. The topological polar surface area (TPSA) is 71.3 Å². The maximum atomic E-state index is 12.6. The Morgan fingerprint density at radius 1 is 1.27 bits per heavy atom. The van der Waals surface area contributed by atoms with E-state index in [-0.39, 0.29) is 5.91 Å². The molecule has 1 N–H and O–H groups in total. The number of carbonyl (C=O) groups is 1. The van der Waals surface area contributed by atoms with Crippen LogP contribution in [-0.2, 0) is 11.2 Å². The van der Waals surface area contributed by atoms with Crippen LogP contribution in [0.1, 0.15) is 36.4 Å². The molecule has 0 spiro atoms. The van der Waals surface area contributed by atoms with Gasteiger partial charge in [0.25, 0.3) is 0 Å². The van der Waals surface area contributed by atoms with Crippen molar-refractivity contribution in [1.29, 1.82) is 0 Å². The molecule has 1 saturated heterocycles. The SMILES string of the molecule is CCc1nccc(NC(=O)CN2CCC(c3nc(-c4cc5ccccc5o4)cs3)CC2)c1Cl. The van der Waals surface area contributed by atoms with Gasteiger partial charge in [-0.1, -0.05) is 36.7 Å². The van der Waals surface area contributed by atoms with Crippen molar-refractivity contribution in [2.45, 2.75) is 32.1 Å². The van der Waals surface area contributed by atoms with E-state index in [0.717, 1.165) is 65.5 Å². The molecule has 1 aromatic carbocycles. The lowest BCUT2D eigenvalue weighted by atomic mass is 9.97. The fourth-order valence-electron chi connectivity index (χ4n) is 4.26. The third kappa shape index (κ3) is 4.81. The van der Waals surface area contributed by atoms with Gasteiger partial charge in [0, 0.05) is 22.9 Å². The van der Waals surface area contributed by atoms with Crippen LogP contribution >= 0.6 is 22.9 Å². The average Bonchev–Trinajstić information content (AvgIpc) is 3.48. The normalized spacial score (nSPS) is 15.2. The van der Waals surface area contributed by atoms with Gasteiger partial charge in [-0.3, -0.25) is 14.7 Å². The maximum absolute atomic E-state index is 12.6. The molecule has 0 bridgehead atoms. The number of para-hydroxylation sites is 1. The highest BCUT2D eigenvalue weighted by atomic mass is 35.5. The number of benzene rings is 1. The molecule has 0 atom stereocenters. The number of halogens is 1. The Labute approximate surface area is 201 Å². The van der Waals surface area contributed by atoms with Crippen molar-refractivity contribution in [2.75, 3.05) is 25.0 Å². The third-order valence-electron chi connectivity index (χ3n) is 6.07. The summed E-state index contributed by atoms with van der Waals surface area (Å²) < 4.78 is 5.97. The molecular formula is C25H25ClN4O2S. The first kappa shape index (κ1) is 22.1. The highest BCUT2D eigenvalue weighted by Gasteiger charge is 2.25. The average molecular weight is 481 g/mol. The number of nitrogens with zero attached hydrogens (tertiary/aromatic N) is 3. The summed E-state index contributed by atoms with van der Waals surface area (Å²) >= 11 is 8.04. The van der Waals surface area contributed by atoms with E-state index in [1.54, 1.807) is 23.6 Å². The Hall–Kier alpha value is -2.74. The molecule has 170 valence electrons. The zero-order chi connectivity index (χ0) is 22.8. The van der Waals surface area contributed by atoms with Crippen LogP contribution in [0.2, 0.25) is 5.02 Å². The van der Waals surface area contributed by atoms with Gasteiger partial charge in [0.1, 0.15) is 11.3 Å². The first-order valence-electron chi connectivity index (χ1n) is 11.2. The van der Waals surface area contributed by atoms with Crippen molar-refractivity contribution in [3.63, 3.8) is 0 Å². The summed E-state index contributed by atoms with van der Waals surface area (Å²) in [5.41, 5.74) is 3.20. The van der Waals surface area contributed by atoms with Crippen LogP contribution in [0.4, 0.5) is 5.69 Å². The van der Waals surface area contributed by atoms with Gasteiger partial charge in [-0.2, -0.15) is 0 Å². The number of piperidine rings is 1. The van der Waals surface area contributed by atoms with Gasteiger partial charge in [0.15, 0.2) is 5.76 Å². The zero-order valence-corrected chi connectivity index (χ0v) is 20.0. The minimum atomic E-state index is -0.0509. The van der Waals surface area contributed by atoms with E-state index in [1.807, 2.05) is 37.3 Å².